The Kier molecular flexibility index (Phi) is 4.02. The topological polar surface area (TPSA) is 35.2 Å². The molecule has 1 fully saturated rings. The Morgan fingerprint density at radius 2 is 2.17 bits per heavy atom. The maximum atomic E-state index is 5.71. The molecule has 1 rings (SSSR count). The monoisotopic (exact) mass is 171 g/mol. The molecule has 0 saturated heterocycles. The summed E-state index contributed by atoms with van der Waals surface area (Å²) in [4.78, 5) is 0. The zero-order valence-electron chi connectivity index (χ0n) is 8.25. The third-order valence-electron chi connectivity index (χ3n) is 2.84. The first-order valence-corrected chi connectivity index (χ1v) is 5.07. The van der Waals surface area contributed by atoms with Crippen molar-refractivity contribution in [3.8, 4) is 0 Å². The van der Waals surface area contributed by atoms with E-state index in [4.69, 9.17) is 10.5 Å². The summed E-state index contributed by atoms with van der Waals surface area (Å²) in [6, 6.07) is 0. The molecule has 1 atom stereocenters. The van der Waals surface area contributed by atoms with Gasteiger partial charge in [-0.2, -0.15) is 0 Å². The van der Waals surface area contributed by atoms with Gasteiger partial charge in [0, 0.05) is 6.61 Å². The van der Waals surface area contributed by atoms with Gasteiger partial charge in [0.1, 0.15) is 0 Å². The van der Waals surface area contributed by atoms with Crippen LogP contribution in [0, 0.1) is 11.8 Å². The summed E-state index contributed by atoms with van der Waals surface area (Å²) in [5, 5.41) is 0. The summed E-state index contributed by atoms with van der Waals surface area (Å²) in [5.41, 5.74) is 5.52. The highest BCUT2D eigenvalue weighted by Crippen LogP contribution is 2.29. The molecule has 0 spiro atoms. The van der Waals surface area contributed by atoms with E-state index in [1.54, 1.807) is 0 Å². The molecule has 0 aromatic rings. The van der Waals surface area contributed by atoms with E-state index in [2.05, 4.69) is 13.8 Å². The summed E-state index contributed by atoms with van der Waals surface area (Å²) in [5.74, 6) is 1.45. The standard InChI is InChI=1S/C10H21NO/c1-3-8(2)7-12-10-4-9(5-10)6-11/h8-10H,3-7,11H2,1-2H3/t8?,9-,10-. The van der Waals surface area contributed by atoms with Crippen molar-refractivity contribution in [2.45, 2.75) is 39.2 Å². The molecule has 2 heteroatoms. The summed E-state index contributed by atoms with van der Waals surface area (Å²) in [6.07, 6.45) is 4.11. The first-order valence-electron chi connectivity index (χ1n) is 5.07. The highest BCUT2D eigenvalue weighted by Gasteiger charge is 2.28. The first-order chi connectivity index (χ1) is 5.76. The quantitative estimate of drug-likeness (QED) is 0.684. The second-order valence-electron chi connectivity index (χ2n) is 4.04. The fourth-order valence-electron chi connectivity index (χ4n) is 1.42. The Morgan fingerprint density at radius 1 is 1.50 bits per heavy atom. The highest BCUT2D eigenvalue weighted by molar-refractivity contribution is 4.80. The van der Waals surface area contributed by atoms with Gasteiger partial charge in [0.2, 0.25) is 0 Å². The lowest BCUT2D eigenvalue weighted by Gasteiger charge is -2.34. The van der Waals surface area contributed by atoms with E-state index in [-0.39, 0.29) is 0 Å². The molecule has 0 radical (unpaired) electrons. The Hall–Kier alpha value is -0.0800. The van der Waals surface area contributed by atoms with Crippen LogP contribution in [0.1, 0.15) is 33.1 Å². The van der Waals surface area contributed by atoms with Crippen LogP contribution in [0.4, 0.5) is 0 Å². The van der Waals surface area contributed by atoms with Gasteiger partial charge in [0.05, 0.1) is 6.10 Å². The van der Waals surface area contributed by atoms with Crippen molar-refractivity contribution in [3.63, 3.8) is 0 Å². The van der Waals surface area contributed by atoms with Crippen LogP contribution in [-0.2, 0) is 4.74 Å². The van der Waals surface area contributed by atoms with Crippen molar-refractivity contribution in [1.29, 1.82) is 0 Å². The van der Waals surface area contributed by atoms with Gasteiger partial charge in [-0.15, -0.1) is 0 Å². The van der Waals surface area contributed by atoms with Gasteiger partial charge in [0.15, 0.2) is 0 Å². The van der Waals surface area contributed by atoms with Crippen LogP contribution in [0.15, 0.2) is 0 Å². The Labute approximate surface area is 75.5 Å². The predicted octanol–water partition coefficient (Wildman–Crippen LogP) is 1.79. The molecule has 0 bridgehead atoms. The maximum absolute atomic E-state index is 5.71. The second kappa shape index (κ2) is 4.83. The largest absolute Gasteiger partial charge is 0.378 e. The second-order valence-corrected chi connectivity index (χ2v) is 4.04. The van der Waals surface area contributed by atoms with E-state index in [9.17, 15) is 0 Å². The molecule has 1 unspecified atom stereocenters. The van der Waals surface area contributed by atoms with Crippen LogP contribution in [0.5, 0.6) is 0 Å². The lowest BCUT2D eigenvalue weighted by atomic mass is 9.82. The lowest BCUT2D eigenvalue weighted by molar-refractivity contribution is -0.0407. The number of hydrogen-bond donors (Lipinski definition) is 1. The number of nitrogens with two attached hydrogens (primary N) is 1. The van der Waals surface area contributed by atoms with Gasteiger partial charge >= 0.3 is 0 Å². The lowest BCUT2D eigenvalue weighted by Crippen LogP contribution is -2.36. The van der Waals surface area contributed by atoms with E-state index < -0.39 is 0 Å². The van der Waals surface area contributed by atoms with Crippen LogP contribution < -0.4 is 5.73 Å². The van der Waals surface area contributed by atoms with Crippen molar-refractivity contribution in [3.05, 3.63) is 0 Å². The van der Waals surface area contributed by atoms with Gasteiger partial charge < -0.3 is 10.5 Å². The fraction of sp³-hybridized carbons (Fsp3) is 1.00. The normalized spacial score (nSPS) is 31.2. The molecule has 1 saturated carbocycles. The van der Waals surface area contributed by atoms with Gasteiger partial charge in [-0.05, 0) is 31.2 Å². The van der Waals surface area contributed by atoms with E-state index >= 15 is 0 Å². The van der Waals surface area contributed by atoms with Gasteiger partial charge in [-0.3, -0.25) is 0 Å². The van der Waals surface area contributed by atoms with E-state index in [1.807, 2.05) is 0 Å². The molecule has 2 nitrogen and oxygen atoms in total. The van der Waals surface area contributed by atoms with Crippen molar-refractivity contribution in [2.75, 3.05) is 13.2 Å². The molecule has 0 aromatic carbocycles. The minimum absolute atomic E-state index is 0.521. The smallest absolute Gasteiger partial charge is 0.0581 e. The summed E-state index contributed by atoms with van der Waals surface area (Å²) in [6.45, 7) is 6.21. The molecule has 12 heavy (non-hydrogen) atoms. The Morgan fingerprint density at radius 3 is 2.67 bits per heavy atom. The van der Waals surface area contributed by atoms with Crippen LogP contribution in [0.3, 0.4) is 0 Å². The molecule has 0 aromatic heterocycles. The fourth-order valence-corrected chi connectivity index (χ4v) is 1.42. The summed E-state index contributed by atoms with van der Waals surface area (Å²) < 4.78 is 5.71. The Bertz CT molecular complexity index is 121. The van der Waals surface area contributed by atoms with Crippen molar-refractivity contribution in [2.24, 2.45) is 17.6 Å². The van der Waals surface area contributed by atoms with Gasteiger partial charge in [-0.25, -0.2) is 0 Å². The number of hydrogen-bond acceptors (Lipinski definition) is 2. The van der Waals surface area contributed by atoms with E-state index in [1.165, 1.54) is 19.3 Å². The molecule has 1 aliphatic rings. The summed E-state index contributed by atoms with van der Waals surface area (Å²) in [7, 11) is 0. The van der Waals surface area contributed by atoms with E-state index in [0.29, 0.717) is 12.0 Å². The Balaban J connectivity index is 1.96. The van der Waals surface area contributed by atoms with Crippen LogP contribution in [0.2, 0.25) is 0 Å². The highest BCUT2D eigenvalue weighted by atomic mass is 16.5. The maximum Gasteiger partial charge on any atom is 0.0581 e. The zero-order valence-corrected chi connectivity index (χ0v) is 8.25. The average Bonchev–Trinajstić information content (AvgIpc) is 2.01. The number of ether oxygens (including phenoxy) is 1. The van der Waals surface area contributed by atoms with Crippen molar-refractivity contribution < 1.29 is 4.74 Å². The molecule has 0 aliphatic heterocycles. The SMILES string of the molecule is CCC(C)CO[C@H]1C[C@H](CN)C1. The number of rotatable bonds is 5. The molecular formula is C10H21NO. The molecule has 0 amide bonds. The molecular weight excluding hydrogens is 150 g/mol. The van der Waals surface area contributed by atoms with E-state index in [0.717, 1.165) is 19.1 Å². The van der Waals surface area contributed by atoms with Gasteiger partial charge in [0.25, 0.3) is 0 Å². The van der Waals surface area contributed by atoms with Crippen molar-refractivity contribution in [1.82, 2.24) is 0 Å². The molecule has 0 heterocycles. The average molecular weight is 171 g/mol. The molecule has 2 N–H and O–H groups in total. The molecule has 1 aliphatic carbocycles. The minimum atomic E-state index is 0.521. The molecule has 72 valence electrons. The third kappa shape index (κ3) is 2.76. The van der Waals surface area contributed by atoms with Gasteiger partial charge in [-0.1, -0.05) is 20.3 Å². The summed E-state index contributed by atoms with van der Waals surface area (Å²) >= 11 is 0. The van der Waals surface area contributed by atoms with Crippen LogP contribution in [-0.4, -0.2) is 19.3 Å². The first kappa shape index (κ1) is 10.0. The van der Waals surface area contributed by atoms with Crippen LogP contribution >= 0.6 is 0 Å². The van der Waals surface area contributed by atoms with Crippen LogP contribution in [0.25, 0.3) is 0 Å². The predicted molar refractivity (Wildman–Crippen MR) is 51.0 cm³/mol. The zero-order chi connectivity index (χ0) is 8.97. The minimum Gasteiger partial charge on any atom is -0.378 e. The van der Waals surface area contributed by atoms with Crippen molar-refractivity contribution >= 4 is 0 Å². The third-order valence-corrected chi connectivity index (χ3v) is 2.84.